The van der Waals surface area contributed by atoms with Gasteiger partial charge in [0, 0.05) is 25.0 Å². The van der Waals surface area contributed by atoms with E-state index in [9.17, 15) is 13.2 Å². The zero-order chi connectivity index (χ0) is 17.7. The van der Waals surface area contributed by atoms with Crippen molar-refractivity contribution in [3.05, 3.63) is 71.6 Å². The second-order valence-electron chi connectivity index (χ2n) is 6.28. The summed E-state index contributed by atoms with van der Waals surface area (Å²) in [5, 5.41) is 0. The number of halogens is 4. The maximum Gasteiger partial charge on any atom is 0.416 e. The summed E-state index contributed by atoms with van der Waals surface area (Å²) in [6.45, 7) is 2.79. The zero-order valence-electron chi connectivity index (χ0n) is 14.4. The first-order chi connectivity index (χ1) is 12.0. The van der Waals surface area contributed by atoms with E-state index in [0.717, 1.165) is 67.9 Å². The minimum atomic E-state index is -4.27. The van der Waals surface area contributed by atoms with Gasteiger partial charge in [0.1, 0.15) is 0 Å². The van der Waals surface area contributed by atoms with Gasteiger partial charge in [-0.3, -0.25) is 9.88 Å². The van der Waals surface area contributed by atoms with Crippen molar-refractivity contribution >= 4 is 18.0 Å². The van der Waals surface area contributed by atoms with Crippen LogP contribution < -0.4 is 0 Å². The van der Waals surface area contributed by atoms with E-state index in [-0.39, 0.29) is 12.4 Å². The van der Waals surface area contributed by atoms with Crippen molar-refractivity contribution in [3.63, 3.8) is 0 Å². The molecule has 0 spiro atoms. The highest BCUT2D eigenvalue weighted by Crippen LogP contribution is 2.31. The Bertz CT molecular complexity index is 712. The number of hydrogen-bond donors (Lipinski definition) is 0. The molecule has 0 N–H and O–H groups in total. The first kappa shape index (κ1) is 20.5. The van der Waals surface area contributed by atoms with Crippen LogP contribution >= 0.6 is 12.4 Å². The van der Waals surface area contributed by atoms with E-state index in [1.807, 2.05) is 24.4 Å². The number of benzene rings is 1. The number of pyridine rings is 1. The lowest BCUT2D eigenvalue weighted by atomic mass is 9.98. The first-order valence-electron chi connectivity index (χ1n) is 8.51. The molecule has 3 rings (SSSR count). The molecule has 0 saturated heterocycles. The Kier molecular flexibility index (Phi) is 7.23. The van der Waals surface area contributed by atoms with Crippen LogP contribution in [-0.4, -0.2) is 29.5 Å². The number of aryl methyl sites for hydroxylation is 1. The molecule has 0 aliphatic carbocycles. The molecule has 0 unspecified atom stereocenters. The van der Waals surface area contributed by atoms with Crippen molar-refractivity contribution < 1.29 is 13.2 Å². The quantitative estimate of drug-likeness (QED) is 0.702. The standard InChI is InChI=1S/C20H21F3N2.ClH/c21-20(22,23)18-8-6-16(7-9-18)17-10-14-25(15-11-17)13-3-5-19-4-1-2-12-24-19;/h1-2,4,6-10,12H,3,5,11,13-15H2;1H. The molecule has 1 aliphatic heterocycles. The van der Waals surface area contributed by atoms with Gasteiger partial charge in [0.25, 0.3) is 0 Å². The Balaban J connectivity index is 0.00000243. The lowest BCUT2D eigenvalue weighted by Gasteiger charge is -2.26. The van der Waals surface area contributed by atoms with Crippen molar-refractivity contribution in [3.8, 4) is 0 Å². The summed E-state index contributed by atoms with van der Waals surface area (Å²) in [7, 11) is 0. The molecule has 2 nitrogen and oxygen atoms in total. The third kappa shape index (κ3) is 5.58. The van der Waals surface area contributed by atoms with E-state index in [1.165, 1.54) is 0 Å². The monoisotopic (exact) mass is 382 g/mol. The van der Waals surface area contributed by atoms with Gasteiger partial charge in [0.2, 0.25) is 0 Å². The number of alkyl halides is 3. The van der Waals surface area contributed by atoms with E-state index in [1.54, 1.807) is 12.1 Å². The van der Waals surface area contributed by atoms with Crippen LogP contribution in [0.2, 0.25) is 0 Å². The van der Waals surface area contributed by atoms with Gasteiger partial charge in [-0.05, 0) is 61.2 Å². The van der Waals surface area contributed by atoms with Crippen LogP contribution in [0.3, 0.4) is 0 Å². The number of aromatic nitrogens is 1. The topological polar surface area (TPSA) is 16.1 Å². The molecule has 0 bridgehead atoms. The molecule has 2 heterocycles. The van der Waals surface area contributed by atoms with Gasteiger partial charge in [0.15, 0.2) is 0 Å². The van der Waals surface area contributed by atoms with Crippen LogP contribution in [0.15, 0.2) is 54.7 Å². The van der Waals surface area contributed by atoms with Crippen LogP contribution in [0.25, 0.3) is 5.57 Å². The van der Waals surface area contributed by atoms with E-state index < -0.39 is 11.7 Å². The summed E-state index contributed by atoms with van der Waals surface area (Å²) < 4.78 is 37.9. The van der Waals surface area contributed by atoms with Gasteiger partial charge in [-0.15, -0.1) is 12.4 Å². The second-order valence-corrected chi connectivity index (χ2v) is 6.28. The maximum absolute atomic E-state index is 12.6. The smallest absolute Gasteiger partial charge is 0.299 e. The molecule has 26 heavy (non-hydrogen) atoms. The van der Waals surface area contributed by atoms with Crippen LogP contribution in [0.4, 0.5) is 13.2 Å². The third-order valence-corrected chi connectivity index (χ3v) is 4.51. The Morgan fingerprint density at radius 3 is 2.38 bits per heavy atom. The van der Waals surface area contributed by atoms with Crippen LogP contribution in [-0.2, 0) is 12.6 Å². The minimum Gasteiger partial charge on any atom is -0.299 e. The number of rotatable bonds is 5. The van der Waals surface area contributed by atoms with Gasteiger partial charge >= 0.3 is 6.18 Å². The number of hydrogen-bond acceptors (Lipinski definition) is 2. The van der Waals surface area contributed by atoms with Crippen molar-refractivity contribution in [1.29, 1.82) is 0 Å². The summed E-state index contributed by atoms with van der Waals surface area (Å²) in [5.41, 5.74) is 2.54. The SMILES string of the molecule is Cl.FC(F)(F)c1ccc(C2=CCN(CCCc3ccccn3)CC2)cc1. The lowest BCUT2D eigenvalue weighted by molar-refractivity contribution is -0.137. The summed E-state index contributed by atoms with van der Waals surface area (Å²) in [5.74, 6) is 0. The molecule has 0 amide bonds. The van der Waals surface area contributed by atoms with Crippen molar-refractivity contribution in [2.45, 2.75) is 25.4 Å². The van der Waals surface area contributed by atoms with Crippen molar-refractivity contribution in [1.82, 2.24) is 9.88 Å². The summed E-state index contributed by atoms with van der Waals surface area (Å²) >= 11 is 0. The highest BCUT2D eigenvalue weighted by molar-refractivity contribution is 5.85. The van der Waals surface area contributed by atoms with Crippen LogP contribution in [0, 0.1) is 0 Å². The van der Waals surface area contributed by atoms with E-state index >= 15 is 0 Å². The average Bonchev–Trinajstić information content (AvgIpc) is 2.63. The Morgan fingerprint density at radius 2 is 1.81 bits per heavy atom. The first-order valence-corrected chi connectivity index (χ1v) is 8.51. The highest BCUT2D eigenvalue weighted by Gasteiger charge is 2.30. The van der Waals surface area contributed by atoms with E-state index in [4.69, 9.17) is 0 Å². The molecule has 1 aromatic heterocycles. The molecule has 0 radical (unpaired) electrons. The van der Waals surface area contributed by atoms with Crippen LogP contribution in [0.1, 0.15) is 29.7 Å². The number of nitrogens with zero attached hydrogens (tertiary/aromatic N) is 2. The Hall–Kier alpha value is -1.85. The normalized spacial score (nSPS) is 15.3. The van der Waals surface area contributed by atoms with E-state index in [2.05, 4.69) is 16.0 Å². The molecule has 1 aliphatic rings. The highest BCUT2D eigenvalue weighted by atomic mass is 35.5. The summed E-state index contributed by atoms with van der Waals surface area (Å²) in [6, 6.07) is 11.4. The Labute approximate surface area is 158 Å². The Morgan fingerprint density at radius 1 is 1.04 bits per heavy atom. The molecule has 0 atom stereocenters. The molecule has 140 valence electrons. The summed E-state index contributed by atoms with van der Waals surface area (Å²) in [4.78, 5) is 6.70. The fourth-order valence-electron chi connectivity index (χ4n) is 3.08. The molecule has 0 saturated carbocycles. The molecule has 6 heteroatoms. The predicted molar refractivity (Wildman–Crippen MR) is 100 cm³/mol. The van der Waals surface area contributed by atoms with Gasteiger partial charge in [-0.1, -0.05) is 24.3 Å². The van der Waals surface area contributed by atoms with E-state index in [0.29, 0.717) is 0 Å². The van der Waals surface area contributed by atoms with Gasteiger partial charge in [-0.2, -0.15) is 13.2 Å². The lowest BCUT2D eigenvalue weighted by Crippen LogP contribution is -2.29. The summed E-state index contributed by atoms with van der Waals surface area (Å²) in [6.07, 6.45) is 2.56. The van der Waals surface area contributed by atoms with Crippen LogP contribution in [0.5, 0.6) is 0 Å². The van der Waals surface area contributed by atoms with Gasteiger partial charge < -0.3 is 0 Å². The van der Waals surface area contributed by atoms with Gasteiger partial charge in [0.05, 0.1) is 5.56 Å². The largest absolute Gasteiger partial charge is 0.416 e. The maximum atomic E-state index is 12.6. The minimum absolute atomic E-state index is 0. The van der Waals surface area contributed by atoms with Crippen molar-refractivity contribution in [2.75, 3.05) is 19.6 Å². The molecular formula is C20H22ClF3N2. The molecule has 0 fully saturated rings. The molecular weight excluding hydrogens is 361 g/mol. The fraction of sp³-hybridized carbons (Fsp3) is 0.350. The third-order valence-electron chi connectivity index (χ3n) is 4.51. The average molecular weight is 383 g/mol. The predicted octanol–water partition coefficient (Wildman–Crippen LogP) is 5.24. The zero-order valence-corrected chi connectivity index (χ0v) is 15.2. The van der Waals surface area contributed by atoms with Crippen molar-refractivity contribution in [2.24, 2.45) is 0 Å². The molecule has 2 aromatic rings. The second kappa shape index (κ2) is 9.19. The fourth-order valence-corrected chi connectivity index (χ4v) is 3.08. The van der Waals surface area contributed by atoms with Gasteiger partial charge in [-0.25, -0.2) is 0 Å². The molecule has 1 aromatic carbocycles.